The van der Waals surface area contributed by atoms with Gasteiger partial charge in [0.2, 0.25) is 0 Å². The van der Waals surface area contributed by atoms with Crippen molar-refractivity contribution in [2.75, 3.05) is 19.6 Å². The summed E-state index contributed by atoms with van der Waals surface area (Å²) in [7, 11) is 0. The number of likely N-dealkylation sites (N-methyl/N-ethyl adjacent to an activating group) is 1. The zero-order chi connectivity index (χ0) is 11.3. The number of hydrogen-bond acceptors (Lipinski definition) is 2. The maximum Gasteiger partial charge on any atom is 0.0207 e. The van der Waals surface area contributed by atoms with Crippen LogP contribution >= 0.6 is 0 Å². The highest BCUT2D eigenvalue weighted by atomic mass is 15.2. The molecule has 2 nitrogen and oxygen atoms in total. The van der Waals surface area contributed by atoms with Crippen molar-refractivity contribution in [3.8, 4) is 0 Å². The molecule has 2 heteroatoms. The molecule has 1 fully saturated rings. The molecule has 1 aliphatic heterocycles. The summed E-state index contributed by atoms with van der Waals surface area (Å²) in [5.41, 5.74) is 0. The lowest BCUT2D eigenvalue weighted by Gasteiger charge is -2.30. The Bertz CT molecular complexity index is 166. The van der Waals surface area contributed by atoms with E-state index in [9.17, 15) is 0 Å². The highest BCUT2D eigenvalue weighted by molar-refractivity contribution is 4.85. The SMILES string of the molecule is CCNC1CCN(C(C)C(CC)CC)C1. The van der Waals surface area contributed by atoms with Crippen LogP contribution in [0.25, 0.3) is 0 Å². The lowest BCUT2D eigenvalue weighted by molar-refractivity contribution is 0.178. The molecule has 0 amide bonds. The van der Waals surface area contributed by atoms with Crippen molar-refractivity contribution in [3.63, 3.8) is 0 Å². The van der Waals surface area contributed by atoms with Crippen LogP contribution in [-0.4, -0.2) is 36.6 Å². The summed E-state index contributed by atoms with van der Waals surface area (Å²) >= 11 is 0. The van der Waals surface area contributed by atoms with E-state index in [2.05, 4.69) is 37.9 Å². The Labute approximate surface area is 95.4 Å². The summed E-state index contributed by atoms with van der Waals surface area (Å²) in [5, 5.41) is 3.56. The fourth-order valence-corrected chi connectivity index (χ4v) is 2.88. The number of nitrogens with one attached hydrogen (secondary N) is 1. The lowest BCUT2D eigenvalue weighted by atomic mass is 9.94. The zero-order valence-electron chi connectivity index (χ0n) is 10.9. The van der Waals surface area contributed by atoms with E-state index in [4.69, 9.17) is 0 Å². The van der Waals surface area contributed by atoms with Gasteiger partial charge >= 0.3 is 0 Å². The van der Waals surface area contributed by atoms with Gasteiger partial charge < -0.3 is 5.32 Å². The van der Waals surface area contributed by atoms with Crippen molar-refractivity contribution < 1.29 is 0 Å². The van der Waals surface area contributed by atoms with E-state index in [1.165, 1.54) is 32.4 Å². The molecule has 0 aromatic heterocycles. The number of rotatable bonds is 6. The molecule has 2 unspecified atom stereocenters. The van der Waals surface area contributed by atoms with E-state index in [1.54, 1.807) is 0 Å². The normalized spacial score (nSPS) is 25.0. The second kappa shape index (κ2) is 6.49. The Morgan fingerprint density at radius 2 is 1.93 bits per heavy atom. The van der Waals surface area contributed by atoms with Crippen LogP contribution in [0.3, 0.4) is 0 Å². The van der Waals surface area contributed by atoms with Gasteiger partial charge in [-0.15, -0.1) is 0 Å². The number of hydrogen-bond donors (Lipinski definition) is 1. The molecule has 1 N–H and O–H groups in total. The van der Waals surface area contributed by atoms with Crippen LogP contribution in [0.5, 0.6) is 0 Å². The van der Waals surface area contributed by atoms with Crippen LogP contribution in [0.4, 0.5) is 0 Å². The molecule has 0 saturated carbocycles. The molecule has 0 aliphatic carbocycles. The van der Waals surface area contributed by atoms with Gasteiger partial charge in [0.1, 0.15) is 0 Å². The van der Waals surface area contributed by atoms with E-state index < -0.39 is 0 Å². The molecule has 1 heterocycles. The predicted octanol–water partition coefficient (Wildman–Crippen LogP) is 2.49. The topological polar surface area (TPSA) is 15.3 Å². The summed E-state index contributed by atoms with van der Waals surface area (Å²) < 4.78 is 0. The van der Waals surface area contributed by atoms with Gasteiger partial charge in [0.25, 0.3) is 0 Å². The third kappa shape index (κ3) is 3.46. The maximum atomic E-state index is 3.56. The van der Waals surface area contributed by atoms with Crippen LogP contribution in [0.15, 0.2) is 0 Å². The fraction of sp³-hybridized carbons (Fsp3) is 1.00. The average Bonchev–Trinajstić information content (AvgIpc) is 2.68. The van der Waals surface area contributed by atoms with Gasteiger partial charge in [-0.25, -0.2) is 0 Å². The molecular formula is C13H28N2. The molecule has 0 bridgehead atoms. The van der Waals surface area contributed by atoms with Crippen LogP contribution in [0, 0.1) is 5.92 Å². The second-order valence-electron chi connectivity index (χ2n) is 4.86. The molecule has 1 aliphatic rings. The van der Waals surface area contributed by atoms with Gasteiger partial charge in [0.15, 0.2) is 0 Å². The molecule has 90 valence electrons. The minimum Gasteiger partial charge on any atom is -0.313 e. The quantitative estimate of drug-likeness (QED) is 0.728. The highest BCUT2D eigenvalue weighted by Crippen LogP contribution is 2.22. The minimum absolute atomic E-state index is 0.742. The number of likely N-dealkylation sites (tertiary alicyclic amines) is 1. The first kappa shape index (κ1) is 13.0. The van der Waals surface area contributed by atoms with Gasteiger partial charge in [-0.3, -0.25) is 4.90 Å². The summed E-state index contributed by atoms with van der Waals surface area (Å²) in [5.74, 6) is 0.880. The van der Waals surface area contributed by atoms with Crippen molar-refractivity contribution in [2.45, 2.75) is 59.0 Å². The average molecular weight is 212 g/mol. The fourth-order valence-electron chi connectivity index (χ4n) is 2.88. The van der Waals surface area contributed by atoms with Gasteiger partial charge in [-0.05, 0) is 25.8 Å². The van der Waals surface area contributed by atoms with Gasteiger partial charge in [-0.1, -0.05) is 33.6 Å². The summed E-state index contributed by atoms with van der Waals surface area (Å²) in [4.78, 5) is 2.67. The first-order valence-electron chi connectivity index (χ1n) is 6.70. The monoisotopic (exact) mass is 212 g/mol. The molecule has 1 saturated heterocycles. The van der Waals surface area contributed by atoms with Crippen LogP contribution < -0.4 is 5.32 Å². The minimum atomic E-state index is 0.742. The lowest BCUT2D eigenvalue weighted by Crippen LogP contribution is -2.39. The van der Waals surface area contributed by atoms with Crippen LogP contribution in [-0.2, 0) is 0 Å². The Morgan fingerprint density at radius 3 is 2.47 bits per heavy atom. The first-order valence-corrected chi connectivity index (χ1v) is 6.70. The molecule has 0 radical (unpaired) electrons. The third-order valence-corrected chi connectivity index (χ3v) is 4.02. The van der Waals surface area contributed by atoms with E-state index in [-0.39, 0.29) is 0 Å². The number of nitrogens with zero attached hydrogens (tertiary/aromatic N) is 1. The zero-order valence-corrected chi connectivity index (χ0v) is 10.9. The van der Waals surface area contributed by atoms with Gasteiger partial charge in [0.05, 0.1) is 0 Å². The summed E-state index contributed by atoms with van der Waals surface area (Å²) in [6.07, 6.45) is 3.97. The summed E-state index contributed by atoms with van der Waals surface area (Å²) in [6.45, 7) is 12.9. The molecule has 0 aromatic rings. The first-order chi connectivity index (χ1) is 7.22. The summed E-state index contributed by atoms with van der Waals surface area (Å²) in [6, 6.07) is 1.51. The van der Waals surface area contributed by atoms with Crippen molar-refractivity contribution >= 4 is 0 Å². The van der Waals surface area contributed by atoms with Crippen LogP contribution in [0.2, 0.25) is 0 Å². The standard InChI is InChI=1S/C13H28N2/c1-5-12(6-2)11(4)15-9-8-13(10-15)14-7-3/h11-14H,5-10H2,1-4H3. The van der Waals surface area contributed by atoms with Gasteiger partial charge in [-0.2, -0.15) is 0 Å². The molecule has 15 heavy (non-hydrogen) atoms. The second-order valence-corrected chi connectivity index (χ2v) is 4.86. The largest absolute Gasteiger partial charge is 0.313 e. The Morgan fingerprint density at radius 1 is 1.27 bits per heavy atom. The Kier molecular flexibility index (Phi) is 5.62. The van der Waals surface area contributed by atoms with Crippen molar-refractivity contribution in [2.24, 2.45) is 5.92 Å². The Balaban J connectivity index is 2.38. The van der Waals surface area contributed by atoms with E-state index >= 15 is 0 Å². The van der Waals surface area contributed by atoms with Crippen molar-refractivity contribution in [1.29, 1.82) is 0 Å². The highest BCUT2D eigenvalue weighted by Gasteiger charge is 2.28. The third-order valence-electron chi connectivity index (χ3n) is 4.02. The molecule has 0 aromatic carbocycles. The van der Waals surface area contributed by atoms with E-state index in [0.29, 0.717) is 0 Å². The smallest absolute Gasteiger partial charge is 0.0207 e. The van der Waals surface area contributed by atoms with Crippen molar-refractivity contribution in [1.82, 2.24) is 10.2 Å². The van der Waals surface area contributed by atoms with Gasteiger partial charge in [0, 0.05) is 25.2 Å². The molecular weight excluding hydrogens is 184 g/mol. The Hall–Kier alpha value is -0.0800. The van der Waals surface area contributed by atoms with E-state index in [1.807, 2.05) is 0 Å². The molecule has 0 spiro atoms. The molecule has 1 rings (SSSR count). The van der Waals surface area contributed by atoms with Crippen LogP contribution in [0.1, 0.15) is 47.0 Å². The maximum absolute atomic E-state index is 3.56. The molecule has 2 atom stereocenters. The van der Waals surface area contributed by atoms with E-state index in [0.717, 1.165) is 24.5 Å². The van der Waals surface area contributed by atoms with Crippen molar-refractivity contribution in [3.05, 3.63) is 0 Å². The predicted molar refractivity (Wildman–Crippen MR) is 67.2 cm³/mol.